The van der Waals surface area contributed by atoms with Gasteiger partial charge in [-0.15, -0.1) is 0 Å². The molecule has 0 aromatic rings. The monoisotopic (exact) mass is 478 g/mol. The molecule has 0 spiro atoms. The molecule has 0 saturated carbocycles. The van der Waals surface area contributed by atoms with Crippen LogP contribution in [0.1, 0.15) is 41.5 Å². The summed E-state index contributed by atoms with van der Waals surface area (Å²) in [5, 5.41) is 44.1. The van der Waals surface area contributed by atoms with Crippen molar-refractivity contribution < 1.29 is 44.2 Å². The number of hydrogen-bond donors (Lipinski definition) is 6. The molecule has 2 rings (SSSR count). The van der Waals surface area contributed by atoms with E-state index in [1.807, 2.05) is 13.8 Å². The predicted molar refractivity (Wildman–Crippen MR) is 118 cm³/mol. The molecule has 10 atom stereocenters. The highest BCUT2D eigenvalue weighted by atomic mass is 16.6. The number of rotatable bonds is 8. The molecule has 11 heteroatoms. The van der Waals surface area contributed by atoms with Gasteiger partial charge in [0.2, 0.25) is 5.91 Å². The Morgan fingerprint density at radius 2 is 1.58 bits per heavy atom. The third-order valence-electron chi connectivity index (χ3n) is 7.43. The average Bonchev–Trinajstić information content (AvgIpc) is 2.74. The minimum absolute atomic E-state index is 0.325. The van der Waals surface area contributed by atoms with E-state index in [1.54, 1.807) is 20.8 Å². The fourth-order valence-electron chi connectivity index (χ4n) is 4.77. The summed E-state index contributed by atoms with van der Waals surface area (Å²) in [4.78, 5) is 11.6. The Morgan fingerprint density at radius 3 is 2.06 bits per heavy atom. The molecule has 194 valence electrons. The van der Waals surface area contributed by atoms with Gasteiger partial charge in [0.1, 0.15) is 36.6 Å². The fraction of sp³-hybridized carbons (Fsp3) is 0.955. The zero-order chi connectivity index (χ0) is 25.3. The number of carbonyl (C=O) groups excluding carboxylic acids is 1. The van der Waals surface area contributed by atoms with Crippen LogP contribution in [0.3, 0.4) is 0 Å². The summed E-state index contributed by atoms with van der Waals surface area (Å²) in [6, 6.07) is -1.57. The third kappa shape index (κ3) is 5.52. The first-order valence-corrected chi connectivity index (χ1v) is 11.4. The molecule has 0 aliphatic carbocycles. The Bertz CT molecular complexity index is 660. The number of aliphatic hydroxyl groups excluding tert-OH is 4. The highest BCUT2D eigenvalue weighted by molar-refractivity contribution is 5.73. The molecule has 7 N–H and O–H groups in total. The predicted octanol–water partition coefficient (Wildman–Crippen LogP) is -1.72. The highest BCUT2D eigenvalue weighted by Gasteiger charge is 2.56. The molecule has 6 unspecified atom stereocenters. The lowest BCUT2D eigenvalue weighted by atomic mass is 9.68. The molecule has 2 heterocycles. The smallest absolute Gasteiger partial charge is 0.217 e. The normalized spacial score (nSPS) is 40.5. The van der Waals surface area contributed by atoms with E-state index in [9.17, 15) is 25.2 Å². The molecule has 2 aliphatic heterocycles. The number of amides is 1. The first-order chi connectivity index (χ1) is 15.2. The van der Waals surface area contributed by atoms with Crippen molar-refractivity contribution in [2.45, 2.75) is 108 Å². The Kier molecular flexibility index (Phi) is 9.28. The first-order valence-electron chi connectivity index (χ1n) is 11.4. The van der Waals surface area contributed by atoms with Crippen LogP contribution in [0.25, 0.3) is 0 Å². The quantitative estimate of drug-likeness (QED) is 0.236. The van der Waals surface area contributed by atoms with Gasteiger partial charge in [0, 0.05) is 19.4 Å². The van der Waals surface area contributed by atoms with Crippen LogP contribution >= 0.6 is 0 Å². The van der Waals surface area contributed by atoms with E-state index in [-0.39, 0.29) is 12.5 Å². The number of methoxy groups -OCH3 is 1. The Hall–Kier alpha value is -0.890. The minimum Gasteiger partial charge on any atom is -0.394 e. The number of carbonyl (C=O) groups is 1. The number of aliphatic hydroxyl groups is 4. The molecule has 2 fully saturated rings. The van der Waals surface area contributed by atoms with Gasteiger partial charge in [-0.05, 0) is 20.8 Å². The summed E-state index contributed by atoms with van der Waals surface area (Å²) in [7, 11) is 1.41. The van der Waals surface area contributed by atoms with Crippen molar-refractivity contribution >= 4 is 5.91 Å². The van der Waals surface area contributed by atoms with Crippen molar-refractivity contribution in [3.8, 4) is 0 Å². The maximum atomic E-state index is 11.6. The molecule has 2 saturated heterocycles. The second kappa shape index (κ2) is 10.8. The van der Waals surface area contributed by atoms with E-state index in [0.29, 0.717) is 0 Å². The Morgan fingerprint density at radius 1 is 1.03 bits per heavy atom. The summed E-state index contributed by atoms with van der Waals surface area (Å²) in [5.74, 6) is -0.325. The zero-order valence-corrected chi connectivity index (χ0v) is 20.6. The van der Waals surface area contributed by atoms with Crippen LogP contribution in [-0.2, 0) is 23.7 Å². The zero-order valence-electron chi connectivity index (χ0n) is 20.6. The maximum absolute atomic E-state index is 11.6. The van der Waals surface area contributed by atoms with Gasteiger partial charge in [-0.25, -0.2) is 0 Å². The van der Waals surface area contributed by atoms with Gasteiger partial charge in [0.05, 0.1) is 43.1 Å². The molecule has 33 heavy (non-hydrogen) atoms. The molecule has 0 aromatic heterocycles. The van der Waals surface area contributed by atoms with Crippen molar-refractivity contribution in [3.05, 3.63) is 0 Å². The molecule has 0 radical (unpaired) electrons. The summed E-state index contributed by atoms with van der Waals surface area (Å²) < 4.78 is 23.6. The molecular weight excluding hydrogens is 436 g/mol. The lowest BCUT2D eigenvalue weighted by Crippen LogP contribution is -2.70. The molecule has 1 amide bonds. The van der Waals surface area contributed by atoms with Crippen LogP contribution in [0.5, 0.6) is 0 Å². The van der Waals surface area contributed by atoms with Crippen molar-refractivity contribution in [2.24, 2.45) is 11.1 Å². The second-order valence-corrected chi connectivity index (χ2v) is 10.1. The van der Waals surface area contributed by atoms with Crippen LogP contribution in [0, 0.1) is 5.41 Å². The van der Waals surface area contributed by atoms with E-state index in [4.69, 9.17) is 24.7 Å². The number of hydrogen-bond acceptors (Lipinski definition) is 10. The van der Waals surface area contributed by atoms with Crippen LogP contribution in [0.15, 0.2) is 0 Å². The number of nitrogens with two attached hydrogens (primary N) is 1. The van der Waals surface area contributed by atoms with Gasteiger partial charge in [0.25, 0.3) is 0 Å². The Labute approximate surface area is 195 Å². The second-order valence-electron chi connectivity index (χ2n) is 10.1. The lowest BCUT2D eigenvalue weighted by Gasteiger charge is -2.55. The largest absolute Gasteiger partial charge is 0.394 e. The summed E-state index contributed by atoms with van der Waals surface area (Å²) >= 11 is 0. The van der Waals surface area contributed by atoms with Crippen LogP contribution in [-0.4, -0.2) is 113 Å². The topological polar surface area (TPSA) is 173 Å². The van der Waals surface area contributed by atoms with Gasteiger partial charge >= 0.3 is 0 Å². The van der Waals surface area contributed by atoms with Crippen molar-refractivity contribution in [2.75, 3.05) is 20.3 Å². The molecule has 11 nitrogen and oxygen atoms in total. The number of nitrogens with one attached hydrogen (secondary N) is 1. The summed E-state index contributed by atoms with van der Waals surface area (Å²) in [6.07, 6.45) is -6.90. The summed E-state index contributed by atoms with van der Waals surface area (Å²) in [5.41, 5.74) is 4.46. The molecular formula is C22H42N2O9. The molecule has 2 aliphatic rings. The van der Waals surface area contributed by atoms with Crippen LogP contribution < -0.4 is 11.1 Å². The molecule has 0 bridgehead atoms. The van der Waals surface area contributed by atoms with E-state index in [0.717, 1.165) is 0 Å². The molecule has 0 aromatic carbocycles. The van der Waals surface area contributed by atoms with E-state index in [1.165, 1.54) is 14.0 Å². The van der Waals surface area contributed by atoms with Crippen molar-refractivity contribution in [3.63, 3.8) is 0 Å². The van der Waals surface area contributed by atoms with E-state index >= 15 is 0 Å². The first kappa shape index (κ1) is 28.3. The van der Waals surface area contributed by atoms with Crippen LogP contribution in [0.2, 0.25) is 0 Å². The number of ether oxygens (including phenoxy) is 4. The lowest BCUT2D eigenvalue weighted by molar-refractivity contribution is -0.283. The van der Waals surface area contributed by atoms with Crippen LogP contribution in [0.4, 0.5) is 0 Å². The highest BCUT2D eigenvalue weighted by Crippen LogP contribution is 2.44. The maximum Gasteiger partial charge on any atom is 0.217 e. The van der Waals surface area contributed by atoms with Crippen molar-refractivity contribution in [1.82, 2.24) is 5.32 Å². The van der Waals surface area contributed by atoms with E-state index < -0.39 is 78.5 Å². The average molecular weight is 479 g/mol. The van der Waals surface area contributed by atoms with Gasteiger partial charge in [-0.2, -0.15) is 0 Å². The standard InChI is InChI=1S/C22H42N2O9/c1-10-15(24-11(2)27)17(29)19(13(9-26)31-10)33-22(5,6)21(3,4)20-14(23)16(28)18(30-7)12(8-25)32-20/h10,12-20,25-26,28-29H,8-9,23H2,1-7H3,(H,24,27)/t10-,12?,13?,14?,15?,16?,17?,18+,19+,20+/m0/s1. The SMILES string of the molecule is CO[C@@H]1C(CO)O[C@@H](C(C)(C)C(C)(C)O[C@@H]2C(CO)O[C@@H](C)C(NC(C)=O)C2O)C(N)C1O. The minimum atomic E-state index is -1.15. The third-order valence-corrected chi connectivity index (χ3v) is 7.43. The van der Waals surface area contributed by atoms with Crippen molar-refractivity contribution in [1.29, 1.82) is 0 Å². The van der Waals surface area contributed by atoms with Gasteiger partial charge in [-0.1, -0.05) is 13.8 Å². The Balaban J connectivity index is 2.31. The van der Waals surface area contributed by atoms with E-state index in [2.05, 4.69) is 5.32 Å². The summed E-state index contributed by atoms with van der Waals surface area (Å²) in [6.45, 7) is 9.57. The van der Waals surface area contributed by atoms with Gasteiger partial charge < -0.3 is 50.4 Å². The fourth-order valence-corrected chi connectivity index (χ4v) is 4.77. The van der Waals surface area contributed by atoms with Gasteiger partial charge in [0.15, 0.2) is 0 Å². The van der Waals surface area contributed by atoms with Gasteiger partial charge in [-0.3, -0.25) is 4.79 Å².